The number of ether oxygens (including phenoxy) is 1. The van der Waals surface area contributed by atoms with E-state index in [1.807, 2.05) is 13.8 Å². The number of anilines is 1. The van der Waals surface area contributed by atoms with E-state index in [0.717, 1.165) is 12.0 Å². The summed E-state index contributed by atoms with van der Waals surface area (Å²) in [5, 5.41) is 0. The second-order valence-corrected chi connectivity index (χ2v) is 12.4. The molecule has 0 aliphatic rings. The van der Waals surface area contributed by atoms with Gasteiger partial charge in [-0.1, -0.05) is 24.6 Å². The highest BCUT2D eigenvalue weighted by molar-refractivity contribution is 7.86. The molecule has 178 valence electrons. The molecular formula is C20H30N3O7PS. The van der Waals surface area contributed by atoms with Gasteiger partial charge in [0.05, 0.1) is 23.9 Å². The van der Waals surface area contributed by atoms with Crippen molar-refractivity contribution in [3.63, 3.8) is 0 Å². The summed E-state index contributed by atoms with van der Waals surface area (Å²) in [4.78, 5) is 25.2. The minimum atomic E-state index is -3.77. The molecule has 0 bridgehead atoms. The average Bonchev–Trinajstić information content (AvgIpc) is 2.71. The van der Waals surface area contributed by atoms with Crippen molar-refractivity contribution in [2.24, 2.45) is 0 Å². The van der Waals surface area contributed by atoms with Gasteiger partial charge in [0.2, 0.25) is 0 Å². The van der Waals surface area contributed by atoms with Gasteiger partial charge in [0.25, 0.3) is 10.1 Å². The highest BCUT2D eigenvalue weighted by atomic mass is 32.2. The van der Waals surface area contributed by atoms with Crippen molar-refractivity contribution >= 4 is 29.4 Å². The molecule has 0 saturated heterocycles. The third-order valence-corrected chi connectivity index (χ3v) is 6.04. The first kappa shape index (κ1) is 27.7. The molecule has 10 nitrogen and oxygen atoms in total. The van der Waals surface area contributed by atoms with Gasteiger partial charge >= 0.3 is 5.69 Å². The van der Waals surface area contributed by atoms with E-state index in [4.69, 9.17) is 10.5 Å². The van der Waals surface area contributed by atoms with Crippen LogP contribution in [0.5, 0.6) is 0 Å². The Labute approximate surface area is 188 Å². The number of carbonyl (C=O) groups is 1. The van der Waals surface area contributed by atoms with Crippen LogP contribution in [-0.4, -0.2) is 56.6 Å². The molecule has 0 saturated carbocycles. The Balaban J connectivity index is 0.000000330. The van der Waals surface area contributed by atoms with Gasteiger partial charge in [-0.2, -0.15) is 13.4 Å². The fourth-order valence-corrected chi connectivity index (χ4v) is 3.69. The van der Waals surface area contributed by atoms with Crippen LogP contribution in [0.4, 0.5) is 5.82 Å². The van der Waals surface area contributed by atoms with Crippen LogP contribution in [0.3, 0.4) is 0 Å². The smallest absolute Gasteiger partial charge is 0.349 e. The summed E-state index contributed by atoms with van der Waals surface area (Å²) in [5.74, 6) is 0.205. The van der Waals surface area contributed by atoms with Crippen molar-refractivity contribution in [2.75, 3.05) is 32.0 Å². The Kier molecular flexibility index (Phi) is 10.9. The number of rotatable bonds is 10. The first-order chi connectivity index (χ1) is 14.9. The monoisotopic (exact) mass is 487 g/mol. The third-order valence-electron chi connectivity index (χ3n) is 3.97. The van der Waals surface area contributed by atoms with E-state index in [9.17, 15) is 22.6 Å². The van der Waals surface area contributed by atoms with Crippen molar-refractivity contribution in [1.29, 1.82) is 0 Å². The number of nitrogen functional groups attached to an aromatic ring is 1. The number of nitrogens with two attached hydrogens (primary N) is 1. The first-order valence-corrected chi connectivity index (χ1v) is 14.0. The number of aryl methyl sites for hydroxylation is 1. The fraction of sp³-hybridized carbons (Fsp3) is 0.450. The Hall–Kier alpha value is -2.33. The minimum absolute atomic E-state index is 0.0601. The van der Waals surface area contributed by atoms with Crippen LogP contribution in [0.15, 0.2) is 46.2 Å². The summed E-state index contributed by atoms with van der Waals surface area (Å²) in [6.45, 7) is 7.10. The standard InChI is InChI=1S/C11H20N3O3P.C9H10O4S/c1-4-9(17-8-18(2,3)16)7-14-6-5-10(12)13-11(14)15;1-8-2-4-9(5-3-8)14(11,12)13-7-6-10/h5-6,9H,4,7-8H2,1-3H3,(H2,12,13,15);2-6H,7H2,1H3/t9-;/m1./s1. The Morgan fingerprint density at radius 3 is 2.34 bits per heavy atom. The summed E-state index contributed by atoms with van der Waals surface area (Å²) in [6.07, 6.45) is 2.79. The van der Waals surface area contributed by atoms with Crippen LogP contribution in [0, 0.1) is 6.92 Å². The predicted octanol–water partition coefficient (Wildman–Crippen LogP) is 2.10. The molecule has 32 heavy (non-hydrogen) atoms. The molecule has 0 aliphatic carbocycles. The second kappa shape index (κ2) is 12.6. The van der Waals surface area contributed by atoms with Crippen LogP contribution < -0.4 is 11.4 Å². The molecule has 2 N–H and O–H groups in total. The lowest BCUT2D eigenvalue weighted by Crippen LogP contribution is -2.29. The highest BCUT2D eigenvalue weighted by Crippen LogP contribution is 2.36. The van der Waals surface area contributed by atoms with E-state index in [-0.39, 0.29) is 23.2 Å². The maximum absolute atomic E-state index is 11.6. The molecule has 2 aromatic rings. The third kappa shape index (κ3) is 10.3. The van der Waals surface area contributed by atoms with Gasteiger partial charge in [-0.15, -0.1) is 0 Å². The average molecular weight is 488 g/mol. The number of benzene rings is 1. The van der Waals surface area contributed by atoms with E-state index in [2.05, 4.69) is 9.17 Å². The molecule has 0 aliphatic heterocycles. The zero-order valence-corrected chi connectivity index (χ0v) is 20.3. The number of aromatic nitrogens is 2. The van der Waals surface area contributed by atoms with E-state index in [1.54, 1.807) is 37.7 Å². The van der Waals surface area contributed by atoms with Crippen molar-refractivity contribution in [2.45, 2.75) is 37.8 Å². The van der Waals surface area contributed by atoms with Crippen LogP contribution in [-0.2, 0) is 34.9 Å². The summed E-state index contributed by atoms with van der Waals surface area (Å²) in [5.41, 5.74) is 5.98. The molecule has 0 spiro atoms. The van der Waals surface area contributed by atoms with Crippen LogP contribution >= 0.6 is 7.14 Å². The van der Waals surface area contributed by atoms with Gasteiger partial charge in [-0.05, 0) is 44.9 Å². The second-order valence-electron chi connectivity index (χ2n) is 7.41. The fourth-order valence-electron chi connectivity index (χ4n) is 2.28. The lowest BCUT2D eigenvalue weighted by atomic mass is 10.2. The van der Waals surface area contributed by atoms with Gasteiger partial charge in [0, 0.05) is 6.20 Å². The van der Waals surface area contributed by atoms with Crippen LogP contribution in [0.1, 0.15) is 18.9 Å². The topological polar surface area (TPSA) is 148 Å². The maximum atomic E-state index is 11.6. The van der Waals surface area contributed by atoms with Crippen LogP contribution in [0.2, 0.25) is 0 Å². The van der Waals surface area contributed by atoms with Gasteiger partial charge < -0.3 is 19.8 Å². The SMILES string of the molecule is CC[C@H](Cn1ccc(N)nc1=O)OCP(C)(C)=O.Cc1ccc(S(=O)(=O)OCC=O)cc1. The summed E-state index contributed by atoms with van der Waals surface area (Å²) in [7, 11) is -5.97. The van der Waals surface area contributed by atoms with Gasteiger partial charge in [0.1, 0.15) is 25.9 Å². The zero-order valence-electron chi connectivity index (χ0n) is 18.6. The molecule has 1 atom stereocenters. The maximum Gasteiger partial charge on any atom is 0.349 e. The molecule has 1 heterocycles. The number of nitrogens with zero attached hydrogens (tertiary/aromatic N) is 2. The van der Waals surface area contributed by atoms with Crippen molar-refractivity contribution < 1.29 is 26.7 Å². The van der Waals surface area contributed by atoms with E-state index >= 15 is 0 Å². The molecule has 0 fully saturated rings. The first-order valence-electron chi connectivity index (χ1n) is 9.76. The lowest BCUT2D eigenvalue weighted by Gasteiger charge is -2.18. The number of aldehydes is 1. The molecule has 1 aromatic carbocycles. The Bertz CT molecular complexity index is 1080. The lowest BCUT2D eigenvalue weighted by molar-refractivity contribution is -0.109. The summed E-state index contributed by atoms with van der Waals surface area (Å²) in [6, 6.07) is 7.78. The van der Waals surface area contributed by atoms with Crippen molar-refractivity contribution in [3.05, 3.63) is 52.6 Å². The Morgan fingerprint density at radius 2 is 1.84 bits per heavy atom. The van der Waals surface area contributed by atoms with Crippen molar-refractivity contribution in [1.82, 2.24) is 9.55 Å². The van der Waals surface area contributed by atoms with E-state index in [0.29, 0.717) is 12.8 Å². The summed E-state index contributed by atoms with van der Waals surface area (Å²) < 4.78 is 45.6. The van der Waals surface area contributed by atoms with Gasteiger partial charge in [-0.25, -0.2) is 4.79 Å². The van der Waals surface area contributed by atoms with Gasteiger partial charge in [-0.3, -0.25) is 8.75 Å². The Morgan fingerprint density at radius 1 is 1.22 bits per heavy atom. The number of hydrogen-bond donors (Lipinski definition) is 1. The molecule has 2 rings (SSSR count). The minimum Gasteiger partial charge on any atom is -0.383 e. The number of carbonyl (C=O) groups excluding carboxylic acids is 1. The quantitative estimate of drug-likeness (QED) is 0.302. The molecule has 0 amide bonds. The molecule has 1 aromatic heterocycles. The van der Waals surface area contributed by atoms with Crippen molar-refractivity contribution in [3.8, 4) is 0 Å². The zero-order chi connectivity index (χ0) is 24.4. The van der Waals surface area contributed by atoms with Gasteiger partial charge in [0.15, 0.2) is 0 Å². The molecule has 0 unspecified atom stereocenters. The molecule has 0 radical (unpaired) electrons. The predicted molar refractivity (Wildman–Crippen MR) is 123 cm³/mol. The van der Waals surface area contributed by atoms with E-state index < -0.39 is 29.6 Å². The largest absolute Gasteiger partial charge is 0.383 e. The highest BCUT2D eigenvalue weighted by Gasteiger charge is 2.15. The molecular weight excluding hydrogens is 457 g/mol. The molecule has 12 heteroatoms. The summed E-state index contributed by atoms with van der Waals surface area (Å²) >= 11 is 0. The normalized spacial score (nSPS) is 12.5. The number of hydrogen-bond acceptors (Lipinski definition) is 9. The van der Waals surface area contributed by atoms with Crippen LogP contribution in [0.25, 0.3) is 0 Å². The van der Waals surface area contributed by atoms with E-state index in [1.165, 1.54) is 16.7 Å².